The van der Waals surface area contributed by atoms with Gasteiger partial charge in [0, 0.05) is 15.9 Å². The van der Waals surface area contributed by atoms with Crippen molar-refractivity contribution in [1.29, 1.82) is 0 Å². The summed E-state index contributed by atoms with van der Waals surface area (Å²) in [6, 6.07) is 104. The highest BCUT2D eigenvalue weighted by Crippen LogP contribution is 2.33. The molecule has 0 saturated carbocycles. The normalized spacial score (nSPS) is 10.1. The number of rotatable bonds is 16. The summed E-state index contributed by atoms with van der Waals surface area (Å²) in [5.74, 6) is 11.0. The molecule has 97 heavy (non-hydrogen) atoms. The van der Waals surface area contributed by atoms with E-state index < -0.39 is 0 Å². The number of hydrogen-bond donors (Lipinski definition) is 0. The van der Waals surface area contributed by atoms with Crippen LogP contribution in [0.25, 0.3) is 0 Å². The molecule has 7 nitrogen and oxygen atoms in total. The van der Waals surface area contributed by atoms with E-state index in [1.54, 1.807) is 11.8 Å². The van der Waals surface area contributed by atoms with Crippen LogP contribution in [0.5, 0.6) is 80.5 Å². The molecule has 8 heteroatoms. The van der Waals surface area contributed by atoms with Crippen molar-refractivity contribution in [2.45, 2.75) is 86.5 Å². The van der Waals surface area contributed by atoms with E-state index in [4.69, 9.17) is 33.2 Å². The van der Waals surface area contributed by atoms with Crippen molar-refractivity contribution in [1.82, 2.24) is 0 Å². The second-order valence-corrected chi connectivity index (χ2v) is 24.5. The van der Waals surface area contributed by atoms with Crippen molar-refractivity contribution in [3.8, 4) is 80.5 Å². The van der Waals surface area contributed by atoms with Crippen molar-refractivity contribution in [3.63, 3.8) is 0 Å². The van der Waals surface area contributed by atoms with Crippen LogP contribution in [0.2, 0.25) is 0 Å². The van der Waals surface area contributed by atoms with Crippen LogP contribution >= 0.6 is 11.8 Å². The number of hydrogen-bond acceptors (Lipinski definition) is 8. The second-order valence-electron chi connectivity index (χ2n) is 23.4. The molecular formula is C89H86O7S. The van der Waals surface area contributed by atoms with Crippen molar-refractivity contribution in [2.75, 3.05) is 0 Å². The minimum Gasteiger partial charge on any atom is -0.457 e. The Hall–Kier alpha value is -11.2. The van der Waals surface area contributed by atoms with E-state index in [9.17, 15) is 0 Å². The highest BCUT2D eigenvalue weighted by molar-refractivity contribution is 7.99. The summed E-state index contributed by atoms with van der Waals surface area (Å²) >= 11 is 1.80. The van der Waals surface area contributed by atoms with Crippen LogP contribution in [0.4, 0.5) is 0 Å². The predicted molar refractivity (Wildman–Crippen MR) is 402 cm³/mol. The van der Waals surface area contributed by atoms with Crippen molar-refractivity contribution >= 4 is 11.8 Å². The van der Waals surface area contributed by atoms with E-state index in [2.05, 4.69) is 142 Å². The van der Waals surface area contributed by atoms with Gasteiger partial charge in [0.15, 0.2) is 0 Å². The van der Waals surface area contributed by atoms with Crippen LogP contribution in [0.1, 0.15) is 63.1 Å². The fourth-order valence-corrected chi connectivity index (χ4v) is 9.89. The van der Waals surface area contributed by atoms with Gasteiger partial charge < -0.3 is 33.2 Å². The molecule has 0 atom stereocenters. The summed E-state index contributed by atoms with van der Waals surface area (Å²) in [6.07, 6.45) is 0. The van der Waals surface area contributed by atoms with Crippen LogP contribution in [0.15, 0.2) is 325 Å². The van der Waals surface area contributed by atoms with Gasteiger partial charge in [-0.1, -0.05) is 202 Å². The van der Waals surface area contributed by atoms with Gasteiger partial charge in [0.1, 0.15) is 80.5 Å². The molecule has 0 aliphatic heterocycles. The molecule has 0 heterocycles. The zero-order valence-corrected chi connectivity index (χ0v) is 57.1. The van der Waals surface area contributed by atoms with Crippen LogP contribution in [0, 0.1) is 69.2 Å². The average molecular weight is 1300 g/mol. The third-order valence-electron chi connectivity index (χ3n) is 14.5. The van der Waals surface area contributed by atoms with E-state index in [1.165, 1.54) is 65.4 Å². The molecule has 0 radical (unpaired) electrons. The van der Waals surface area contributed by atoms with E-state index >= 15 is 0 Å². The molecule has 0 fully saturated rings. The smallest absolute Gasteiger partial charge is 0.131 e. The molecule has 0 aliphatic rings. The zero-order chi connectivity index (χ0) is 67.4. The Morgan fingerprint density at radius 1 is 0.155 bits per heavy atom. The van der Waals surface area contributed by atoms with Crippen molar-refractivity contribution in [3.05, 3.63) is 371 Å². The first-order valence-electron chi connectivity index (χ1n) is 31.9. The quantitative estimate of drug-likeness (QED) is 0.0948. The predicted octanol–water partition coefficient (Wildman–Crippen LogP) is 26.9. The minimum atomic E-state index is 0. The Morgan fingerprint density at radius 3 is 0.485 bits per heavy atom. The highest BCUT2D eigenvalue weighted by Gasteiger charge is 2.06. The van der Waals surface area contributed by atoms with Gasteiger partial charge in [-0.15, -0.1) is 0 Å². The van der Waals surface area contributed by atoms with Crippen molar-refractivity contribution in [2.24, 2.45) is 0 Å². The molecular weight excluding hydrogens is 1210 g/mol. The van der Waals surface area contributed by atoms with E-state index in [-0.39, 0.29) is 7.43 Å². The zero-order valence-electron chi connectivity index (χ0n) is 56.3. The number of benzene rings is 13. The summed E-state index contributed by atoms with van der Waals surface area (Å²) in [4.78, 5) is 2.59. The van der Waals surface area contributed by atoms with Crippen LogP contribution in [-0.2, 0) is 0 Å². The molecule has 0 bridgehead atoms. The molecule has 490 valence electrons. The molecule has 0 aliphatic carbocycles. The Bertz CT molecular complexity index is 4120. The van der Waals surface area contributed by atoms with E-state index in [0.29, 0.717) is 0 Å². The lowest BCUT2D eigenvalue weighted by atomic mass is 10.2. The second kappa shape index (κ2) is 37.0. The van der Waals surface area contributed by atoms with Gasteiger partial charge in [-0.2, -0.15) is 0 Å². The Labute approximate surface area is 579 Å². The number of aryl methyl sites for hydroxylation is 10. The van der Waals surface area contributed by atoms with Crippen LogP contribution < -0.4 is 33.2 Å². The van der Waals surface area contributed by atoms with Gasteiger partial charge in [-0.3, -0.25) is 0 Å². The minimum absolute atomic E-state index is 0. The summed E-state index contributed by atoms with van der Waals surface area (Å²) in [7, 11) is 0. The molecule has 0 aromatic heterocycles. The van der Waals surface area contributed by atoms with Gasteiger partial charge in [0.05, 0.1) is 0 Å². The van der Waals surface area contributed by atoms with E-state index in [0.717, 1.165) is 80.5 Å². The maximum atomic E-state index is 5.91. The first-order chi connectivity index (χ1) is 46.5. The number of ether oxygens (including phenoxy) is 7. The average Bonchev–Trinajstić information content (AvgIpc) is 2.93. The fourth-order valence-electron chi connectivity index (χ4n) is 9.07. The lowest BCUT2D eigenvalue weighted by Gasteiger charge is -2.10. The molecule has 0 saturated heterocycles. The third kappa shape index (κ3) is 25.6. The van der Waals surface area contributed by atoms with Crippen LogP contribution in [0.3, 0.4) is 0 Å². The third-order valence-corrected chi connectivity index (χ3v) is 15.5. The summed E-state index contributed by atoms with van der Waals surface area (Å²) < 4.78 is 40.9. The maximum Gasteiger partial charge on any atom is 0.131 e. The molecule has 0 N–H and O–H groups in total. The van der Waals surface area contributed by atoms with Crippen molar-refractivity contribution < 1.29 is 33.2 Å². The summed E-state index contributed by atoms with van der Waals surface area (Å²) in [6.45, 7) is 20.8. The largest absolute Gasteiger partial charge is 0.457 e. The molecule has 0 unspecified atom stereocenters. The van der Waals surface area contributed by atoms with Crippen LogP contribution in [-0.4, -0.2) is 0 Å². The lowest BCUT2D eigenvalue weighted by molar-refractivity contribution is 0.460. The molecule has 13 aromatic rings. The van der Waals surface area contributed by atoms with Gasteiger partial charge >= 0.3 is 0 Å². The Balaban J connectivity index is 0.000000161. The van der Waals surface area contributed by atoms with Gasteiger partial charge in [-0.25, -0.2) is 0 Å². The molecule has 13 rings (SSSR count). The highest BCUT2D eigenvalue weighted by atomic mass is 32.2. The van der Waals surface area contributed by atoms with Gasteiger partial charge in [0.25, 0.3) is 0 Å². The van der Waals surface area contributed by atoms with Gasteiger partial charge in [-0.05, 0) is 251 Å². The first-order valence-corrected chi connectivity index (χ1v) is 32.8. The fraction of sp³-hybridized carbons (Fsp3) is 0.124. The molecule has 0 spiro atoms. The van der Waals surface area contributed by atoms with Gasteiger partial charge in [0.2, 0.25) is 0 Å². The maximum absolute atomic E-state index is 5.91. The summed E-state index contributed by atoms with van der Waals surface area (Å²) in [5, 5.41) is 0. The monoisotopic (exact) mass is 1300 g/mol. The SMILES string of the molecule is C.Cc1ccc(Oc2ccc(Oc3ccc(C)cc3)cc2)cc1.Cc1ccc(Oc2ccc(Oc3ccc(Oc4ccc(C)cc4)cc3)cc2)cc1.Cc1ccc(Oc2cccc(Oc3ccc(C)cc3)c2)cc1.Cc1ccc(Sc2ccc(C)cc2)cc1.Cc1cccc(C)c1. The van der Waals surface area contributed by atoms with E-state index in [1.807, 2.05) is 243 Å². The Morgan fingerprint density at radius 2 is 0.309 bits per heavy atom. The lowest BCUT2D eigenvalue weighted by Crippen LogP contribution is -1.87. The molecule has 0 amide bonds. The topological polar surface area (TPSA) is 64.6 Å². The standard InChI is InChI=1S/C26H22O3.2C20H18O2.C14H14S.C8H10.CH4/c1-19-3-7-21(8-4-19)27-23-11-15-25(16-12-23)29-26-17-13-24(14-18-26)28-22-9-5-20(2)6-10-22;1-15-3-7-17(8-4-15)21-19-11-13-20(14-12-19)22-18-9-5-16(2)6-10-18;1-15-6-10-17(11-7-15)21-19-4-3-5-20(14-19)22-18-12-8-16(2)9-13-18;1-11-3-7-13(8-4-11)15-14-9-5-12(2)6-10-14;1-7-4-3-5-8(2)6-7;/h3-18H,1-2H3;2*3-14H,1-2H3;3-10H,1-2H3;3-6H,1-2H3;1H4. The Kier molecular flexibility index (Phi) is 27.4. The first kappa shape index (κ1) is 71.7. The molecule has 13 aromatic carbocycles. The summed E-state index contributed by atoms with van der Waals surface area (Å²) in [5.41, 5.74) is 12.6.